The van der Waals surface area contributed by atoms with Gasteiger partial charge >= 0.3 is 12.1 Å². The molecule has 0 bridgehead atoms. The van der Waals surface area contributed by atoms with Gasteiger partial charge in [0.1, 0.15) is 11.4 Å². The summed E-state index contributed by atoms with van der Waals surface area (Å²) in [6, 6.07) is 2.44. The minimum Gasteiger partial charge on any atom is -0.506 e. The van der Waals surface area contributed by atoms with Crippen LogP contribution in [-0.4, -0.2) is 33.8 Å². The van der Waals surface area contributed by atoms with Crippen molar-refractivity contribution in [2.45, 2.75) is 39.3 Å². The summed E-state index contributed by atoms with van der Waals surface area (Å²) in [4.78, 5) is 34.2. The van der Waals surface area contributed by atoms with Gasteiger partial charge in [0.15, 0.2) is 6.04 Å². The number of benzene rings is 1. The molecule has 126 valence electrons. The number of carbonyl (C=O) groups is 3. The van der Waals surface area contributed by atoms with Crippen molar-refractivity contribution in [1.82, 2.24) is 5.32 Å². The van der Waals surface area contributed by atoms with E-state index in [9.17, 15) is 24.6 Å². The van der Waals surface area contributed by atoms with E-state index in [0.29, 0.717) is 0 Å². The Balaban J connectivity index is 3.04. The number of amides is 2. The molecule has 0 radical (unpaired) electrons. The summed E-state index contributed by atoms with van der Waals surface area (Å²) in [7, 11) is 0. The average molecular weight is 324 g/mol. The van der Waals surface area contributed by atoms with Crippen molar-refractivity contribution >= 4 is 23.7 Å². The van der Waals surface area contributed by atoms with Crippen LogP contribution in [0.15, 0.2) is 18.2 Å². The highest BCUT2D eigenvalue weighted by atomic mass is 16.6. The molecular weight excluding hydrogens is 304 g/mol. The Kier molecular flexibility index (Phi) is 5.56. The number of carbonyl (C=O) groups excluding carboxylic acids is 2. The Labute approximate surface area is 133 Å². The lowest BCUT2D eigenvalue weighted by atomic mass is 10.1. The van der Waals surface area contributed by atoms with Gasteiger partial charge in [0.2, 0.25) is 5.91 Å². The van der Waals surface area contributed by atoms with Gasteiger partial charge in [0, 0.05) is 6.92 Å². The van der Waals surface area contributed by atoms with Crippen molar-refractivity contribution < 1.29 is 29.3 Å². The Morgan fingerprint density at radius 3 is 2.30 bits per heavy atom. The van der Waals surface area contributed by atoms with E-state index in [-0.39, 0.29) is 17.0 Å². The number of phenols is 1. The minimum absolute atomic E-state index is 0.0484. The molecule has 0 saturated carbocycles. The van der Waals surface area contributed by atoms with E-state index in [1.54, 1.807) is 20.8 Å². The molecule has 23 heavy (non-hydrogen) atoms. The van der Waals surface area contributed by atoms with Crippen LogP contribution in [0, 0.1) is 0 Å². The molecule has 1 aromatic rings. The Bertz CT molecular complexity index is 621. The number of alkyl carbamates (subject to hydrolysis) is 1. The van der Waals surface area contributed by atoms with Gasteiger partial charge in [-0.25, -0.2) is 9.59 Å². The SMILES string of the molecule is CC(=O)Nc1cc(C(NC(=O)OC(C)(C)C)C(=O)O)ccc1O. The lowest BCUT2D eigenvalue weighted by Crippen LogP contribution is -2.38. The molecule has 0 heterocycles. The predicted octanol–water partition coefficient (Wildman–Crippen LogP) is 2.00. The summed E-state index contributed by atoms with van der Waals surface area (Å²) < 4.78 is 5.03. The molecule has 8 nitrogen and oxygen atoms in total. The quantitative estimate of drug-likeness (QED) is 0.628. The van der Waals surface area contributed by atoms with Gasteiger partial charge in [-0.2, -0.15) is 0 Å². The predicted molar refractivity (Wildman–Crippen MR) is 82.2 cm³/mol. The van der Waals surface area contributed by atoms with Gasteiger partial charge in [-0.05, 0) is 38.5 Å². The van der Waals surface area contributed by atoms with Crippen LogP contribution in [0.4, 0.5) is 10.5 Å². The maximum Gasteiger partial charge on any atom is 0.408 e. The number of aliphatic carboxylic acids is 1. The van der Waals surface area contributed by atoms with Gasteiger partial charge in [0.25, 0.3) is 0 Å². The molecule has 0 aromatic heterocycles. The van der Waals surface area contributed by atoms with Crippen LogP contribution in [0.1, 0.15) is 39.3 Å². The summed E-state index contributed by atoms with van der Waals surface area (Å²) >= 11 is 0. The van der Waals surface area contributed by atoms with E-state index >= 15 is 0 Å². The molecular formula is C15H20N2O6. The van der Waals surface area contributed by atoms with E-state index < -0.39 is 29.6 Å². The fraction of sp³-hybridized carbons (Fsp3) is 0.400. The number of phenolic OH excluding ortho intramolecular Hbond substituents is 1. The van der Waals surface area contributed by atoms with Crippen LogP contribution in [0.5, 0.6) is 5.75 Å². The third kappa shape index (κ3) is 5.85. The highest BCUT2D eigenvalue weighted by Crippen LogP contribution is 2.27. The molecule has 2 amide bonds. The molecule has 0 aliphatic heterocycles. The molecule has 0 aliphatic rings. The number of rotatable bonds is 4. The Hall–Kier alpha value is -2.77. The maximum atomic E-state index is 11.8. The summed E-state index contributed by atoms with van der Waals surface area (Å²) in [5, 5.41) is 23.6. The monoisotopic (exact) mass is 324 g/mol. The highest BCUT2D eigenvalue weighted by molar-refractivity contribution is 5.91. The normalized spacial score (nSPS) is 12.2. The lowest BCUT2D eigenvalue weighted by Gasteiger charge is -2.22. The molecule has 0 saturated heterocycles. The molecule has 0 aliphatic carbocycles. The van der Waals surface area contributed by atoms with E-state index in [2.05, 4.69) is 10.6 Å². The fourth-order valence-corrected chi connectivity index (χ4v) is 1.74. The first-order valence-electron chi connectivity index (χ1n) is 6.82. The van der Waals surface area contributed by atoms with Crippen LogP contribution in [0.2, 0.25) is 0 Å². The van der Waals surface area contributed by atoms with E-state index in [1.165, 1.54) is 25.1 Å². The highest BCUT2D eigenvalue weighted by Gasteiger charge is 2.26. The number of aromatic hydroxyl groups is 1. The Morgan fingerprint density at radius 2 is 1.83 bits per heavy atom. The molecule has 8 heteroatoms. The molecule has 0 fully saturated rings. The first kappa shape index (κ1) is 18.3. The third-order valence-corrected chi connectivity index (χ3v) is 2.57. The third-order valence-electron chi connectivity index (χ3n) is 2.57. The summed E-state index contributed by atoms with van der Waals surface area (Å²) in [5.74, 6) is -1.95. The topological polar surface area (TPSA) is 125 Å². The zero-order valence-electron chi connectivity index (χ0n) is 13.3. The number of ether oxygens (including phenoxy) is 1. The standard InChI is InChI=1S/C15H20N2O6/c1-8(18)16-10-7-9(5-6-11(10)19)12(13(20)21)17-14(22)23-15(2,3)4/h5-7,12,19H,1-4H3,(H,16,18)(H,17,22)(H,20,21). The van der Waals surface area contributed by atoms with Crippen molar-refractivity contribution in [3.63, 3.8) is 0 Å². The van der Waals surface area contributed by atoms with Gasteiger partial charge in [-0.15, -0.1) is 0 Å². The Morgan fingerprint density at radius 1 is 1.22 bits per heavy atom. The van der Waals surface area contributed by atoms with Crippen LogP contribution in [0.3, 0.4) is 0 Å². The number of carboxylic acid groups (broad SMARTS) is 1. The van der Waals surface area contributed by atoms with E-state index in [4.69, 9.17) is 4.74 Å². The number of hydrogen-bond acceptors (Lipinski definition) is 5. The first-order chi connectivity index (χ1) is 10.5. The molecule has 4 N–H and O–H groups in total. The first-order valence-corrected chi connectivity index (χ1v) is 6.82. The van der Waals surface area contributed by atoms with E-state index in [0.717, 1.165) is 0 Å². The van der Waals surface area contributed by atoms with Crippen molar-refractivity contribution in [3.8, 4) is 5.75 Å². The summed E-state index contributed by atoms with van der Waals surface area (Å²) in [6.45, 7) is 6.20. The molecule has 0 spiro atoms. The largest absolute Gasteiger partial charge is 0.506 e. The van der Waals surface area contributed by atoms with Crippen molar-refractivity contribution in [2.75, 3.05) is 5.32 Å². The number of nitrogens with one attached hydrogen (secondary N) is 2. The van der Waals surface area contributed by atoms with Crippen molar-refractivity contribution in [1.29, 1.82) is 0 Å². The van der Waals surface area contributed by atoms with Crippen molar-refractivity contribution in [2.24, 2.45) is 0 Å². The zero-order valence-corrected chi connectivity index (χ0v) is 13.3. The number of hydrogen-bond donors (Lipinski definition) is 4. The second-order valence-corrected chi connectivity index (χ2v) is 5.88. The zero-order chi connectivity index (χ0) is 17.8. The van der Waals surface area contributed by atoms with Crippen LogP contribution < -0.4 is 10.6 Å². The van der Waals surface area contributed by atoms with Crippen LogP contribution >= 0.6 is 0 Å². The second-order valence-electron chi connectivity index (χ2n) is 5.88. The van der Waals surface area contributed by atoms with Gasteiger partial charge in [-0.3, -0.25) is 4.79 Å². The van der Waals surface area contributed by atoms with Crippen LogP contribution in [0.25, 0.3) is 0 Å². The molecule has 1 aromatic carbocycles. The number of carboxylic acids is 1. The lowest BCUT2D eigenvalue weighted by molar-refractivity contribution is -0.139. The average Bonchev–Trinajstić information content (AvgIpc) is 2.36. The van der Waals surface area contributed by atoms with Gasteiger partial charge < -0.3 is 25.6 Å². The summed E-state index contributed by atoms with van der Waals surface area (Å²) in [5.41, 5.74) is -0.555. The smallest absolute Gasteiger partial charge is 0.408 e. The van der Waals surface area contributed by atoms with Crippen molar-refractivity contribution in [3.05, 3.63) is 23.8 Å². The minimum atomic E-state index is -1.39. The fourth-order valence-electron chi connectivity index (χ4n) is 1.74. The maximum absolute atomic E-state index is 11.8. The second kappa shape index (κ2) is 6.99. The van der Waals surface area contributed by atoms with E-state index in [1.807, 2.05) is 0 Å². The summed E-state index contributed by atoms with van der Waals surface area (Å²) in [6.07, 6.45) is -0.890. The molecule has 1 atom stereocenters. The van der Waals surface area contributed by atoms with Gasteiger partial charge in [-0.1, -0.05) is 6.07 Å². The van der Waals surface area contributed by atoms with Gasteiger partial charge in [0.05, 0.1) is 5.69 Å². The van der Waals surface area contributed by atoms with Crippen LogP contribution in [-0.2, 0) is 14.3 Å². The number of anilines is 1. The molecule has 1 unspecified atom stereocenters. The molecule has 1 rings (SSSR count).